The third-order valence-electron chi connectivity index (χ3n) is 6.43. The van der Waals surface area contributed by atoms with Crippen molar-refractivity contribution in [3.05, 3.63) is 42.4 Å². The van der Waals surface area contributed by atoms with Crippen molar-refractivity contribution in [2.45, 2.75) is 98.2 Å². The number of amides is 2. The summed E-state index contributed by atoms with van der Waals surface area (Å²) in [4.78, 5) is 36.0. The number of carbonyl (C=O) groups excluding carboxylic acids is 2. The zero-order valence-electron chi connectivity index (χ0n) is 22.5. The minimum Gasteiger partial charge on any atom is -0.373 e. The van der Waals surface area contributed by atoms with Crippen molar-refractivity contribution < 1.29 is 12.4 Å². The molecule has 1 aromatic heterocycles. The van der Waals surface area contributed by atoms with Crippen LogP contribution in [-0.2, 0) is 9.59 Å². The number of aromatic nitrogens is 2. The number of imidazole rings is 1. The summed E-state index contributed by atoms with van der Waals surface area (Å²) in [7, 11) is 0. The van der Waals surface area contributed by atoms with Gasteiger partial charge in [-0.25, -0.2) is 4.98 Å². The van der Waals surface area contributed by atoms with Gasteiger partial charge in [0.1, 0.15) is 11.9 Å². The van der Waals surface area contributed by atoms with Crippen LogP contribution in [0.1, 0.15) is 94.8 Å². The number of rotatable bonds is 10. The first-order chi connectivity index (χ1) is 16.7. The number of fused-ring (bicyclic) bond motifs is 1. The molecule has 2 amide bonds. The fourth-order valence-corrected chi connectivity index (χ4v) is 4.38. The molecule has 1 aromatic carbocycles. The van der Waals surface area contributed by atoms with Gasteiger partial charge in [-0.3, -0.25) is 9.59 Å². The average Bonchev–Trinajstić information content (AvgIpc) is 3.28. The molecule has 0 aliphatic carbocycles. The van der Waals surface area contributed by atoms with E-state index in [0.717, 1.165) is 42.5 Å². The van der Waals surface area contributed by atoms with E-state index in [2.05, 4.69) is 52.9 Å². The number of para-hydroxylation sites is 2. The number of H-pyrrole nitrogens is 1. The lowest BCUT2D eigenvalue weighted by molar-refractivity contribution is -0.129. The molecule has 0 saturated carbocycles. The van der Waals surface area contributed by atoms with Crippen LogP contribution in [0.25, 0.3) is 11.0 Å². The second-order valence-corrected chi connectivity index (χ2v) is 9.73. The van der Waals surface area contributed by atoms with Crippen LogP contribution in [0.5, 0.6) is 0 Å². The monoisotopic (exact) mass is 487 g/mol. The molecule has 3 atom stereocenters. The van der Waals surface area contributed by atoms with Gasteiger partial charge in [-0.15, -0.1) is 0 Å². The number of nitrogens with one attached hydrogen (secondary N) is 3. The van der Waals surface area contributed by atoms with Crippen LogP contribution in [-0.4, -0.2) is 45.3 Å². The topological polar surface area (TPSA) is 90.1 Å². The molecule has 1 aliphatic heterocycles. The number of likely N-dealkylation sites (tertiary alicyclic amines) is 1. The second kappa shape index (κ2) is 13.9. The van der Waals surface area contributed by atoms with Crippen molar-refractivity contribution in [2.75, 3.05) is 6.54 Å². The molecular formula is C28H49N5O2. The van der Waals surface area contributed by atoms with Gasteiger partial charge >= 0.3 is 0 Å². The minimum atomic E-state index is -0.668. The van der Waals surface area contributed by atoms with E-state index in [4.69, 9.17) is 0 Å². The smallest absolute Gasteiger partial charge is 0.243 e. The van der Waals surface area contributed by atoms with Gasteiger partial charge in [0.25, 0.3) is 0 Å². The molecule has 0 spiro atoms. The fraction of sp³-hybridized carbons (Fsp3) is 0.607. The van der Waals surface area contributed by atoms with Crippen molar-refractivity contribution in [1.82, 2.24) is 25.5 Å². The molecule has 2 aromatic rings. The molecule has 0 unspecified atom stereocenters. The molecule has 7 heteroatoms. The Morgan fingerprint density at radius 2 is 1.91 bits per heavy atom. The Morgan fingerprint density at radius 1 is 1.20 bits per heavy atom. The highest BCUT2D eigenvalue weighted by atomic mass is 16.2. The summed E-state index contributed by atoms with van der Waals surface area (Å²) < 4.78 is 0. The van der Waals surface area contributed by atoms with Gasteiger partial charge in [0.15, 0.2) is 0 Å². The van der Waals surface area contributed by atoms with Crippen LogP contribution in [0.15, 0.2) is 36.5 Å². The maximum Gasteiger partial charge on any atom is 0.243 e. The highest BCUT2D eigenvalue weighted by Gasteiger charge is 2.27. The van der Waals surface area contributed by atoms with E-state index >= 15 is 0 Å². The summed E-state index contributed by atoms with van der Waals surface area (Å²) in [5, 5.41) is 6.01. The zero-order valence-corrected chi connectivity index (χ0v) is 22.5. The number of benzene rings is 1. The van der Waals surface area contributed by atoms with Crippen LogP contribution in [0, 0.1) is 5.92 Å². The summed E-state index contributed by atoms with van der Waals surface area (Å²) >= 11 is 0. The van der Waals surface area contributed by atoms with Crippen LogP contribution in [0.3, 0.4) is 0 Å². The molecule has 3 N–H and O–H groups in total. The molecule has 1 aliphatic rings. The maximum atomic E-state index is 13.3. The van der Waals surface area contributed by atoms with Gasteiger partial charge in [-0.05, 0) is 57.6 Å². The molecule has 0 bridgehead atoms. The lowest BCUT2D eigenvalue weighted by Crippen LogP contribution is -2.49. The number of aromatic amines is 1. The maximum absolute atomic E-state index is 13.3. The molecule has 35 heavy (non-hydrogen) atoms. The first-order valence-corrected chi connectivity index (χ1v) is 13.2. The van der Waals surface area contributed by atoms with Crippen LogP contribution in [0.4, 0.5) is 0 Å². The van der Waals surface area contributed by atoms with Gasteiger partial charge in [-0.1, -0.05) is 46.4 Å². The van der Waals surface area contributed by atoms with Crippen molar-refractivity contribution in [3.63, 3.8) is 0 Å². The van der Waals surface area contributed by atoms with Gasteiger partial charge in [0.05, 0.1) is 17.1 Å². The van der Waals surface area contributed by atoms with Gasteiger partial charge in [-0.2, -0.15) is 0 Å². The predicted octanol–water partition coefficient (Wildman–Crippen LogP) is 5.96. The Balaban J connectivity index is 0.00000316. The number of hydrogen-bond acceptors (Lipinski definition) is 4. The Bertz CT molecular complexity index is 945. The van der Waals surface area contributed by atoms with Crippen LogP contribution in [0.2, 0.25) is 0 Å². The third kappa shape index (κ3) is 8.41. The van der Waals surface area contributed by atoms with E-state index in [1.165, 1.54) is 6.42 Å². The molecule has 0 radical (unpaired) electrons. The van der Waals surface area contributed by atoms with Crippen molar-refractivity contribution in [3.8, 4) is 0 Å². The molecule has 1 fully saturated rings. The molecule has 3 rings (SSSR count). The molecule has 2 heterocycles. The molecule has 198 valence electrons. The fourth-order valence-electron chi connectivity index (χ4n) is 4.38. The van der Waals surface area contributed by atoms with Gasteiger partial charge in [0.2, 0.25) is 11.8 Å². The number of carbonyl (C=O) groups is 2. The lowest BCUT2D eigenvalue weighted by Gasteiger charge is -2.37. The standard InChI is InChI=1S/C26H39N5O2.C2H6.2H2/c1-17(2)13-14-24(32)28-23(16-19(4)31-15-9-8-10-18(31)3)26(33)27-20(5)25-29-21-11-6-7-12-22(21)30-25;1-2;;/h6-7,11-12,17-18,20,23H,4,8-10,13-16H2,1-3,5H3,(H,27,33)(H,28,32)(H,29,30);1-2H3;2*1H/t18-,20+,23-;;;/m0.../s1. The first-order valence-electron chi connectivity index (χ1n) is 13.2. The van der Waals surface area contributed by atoms with E-state index in [-0.39, 0.29) is 20.7 Å². The summed E-state index contributed by atoms with van der Waals surface area (Å²) in [6.45, 7) is 17.5. The summed E-state index contributed by atoms with van der Waals surface area (Å²) in [5.74, 6) is 0.810. The van der Waals surface area contributed by atoms with E-state index in [9.17, 15) is 9.59 Å². The van der Waals surface area contributed by atoms with E-state index < -0.39 is 6.04 Å². The van der Waals surface area contributed by atoms with Crippen molar-refractivity contribution in [2.24, 2.45) is 5.92 Å². The Morgan fingerprint density at radius 3 is 2.57 bits per heavy atom. The minimum absolute atomic E-state index is 0. The van der Waals surface area contributed by atoms with Crippen molar-refractivity contribution in [1.29, 1.82) is 0 Å². The number of nitrogens with zero attached hydrogens (tertiary/aromatic N) is 2. The van der Waals surface area contributed by atoms with E-state index in [1.54, 1.807) is 0 Å². The normalized spacial score (nSPS) is 17.3. The third-order valence-corrected chi connectivity index (χ3v) is 6.43. The number of piperidine rings is 1. The molecular weight excluding hydrogens is 438 g/mol. The van der Waals surface area contributed by atoms with Gasteiger partial charge in [0, 0.05) is 34.0 Å². The summed E-state index contributed by atoms with van der Waals surface area (Å²) in [6, 6.07) is 7.20. The Kier molecular flexibility index (Phi) is 11.3. The van der Waals surface area contributed by atoms with E-state index in [1.807, 2.05) is 45.0 Å². The highest BCUT2D eigenvalue weighted by Crippen LogP contribution is 2.23. The first kappa shape index (κ1) is 28.4. The Hall–Kier alpha value is -2.83. The van der Waals surface area contributed by atoms with Crippen molar-refractivity contribution >= 4 is 22.8 Å². The summed E-state index contributed by atoms with van der Waals surface area (Å²) in [6.07, 6.45) is 5.07. The quantitative estimate of drug-likeness (QED) is 0.386. The molecule has 7 nitrogen and oxygen atoms in total. The average molecular weight is 488 g/mol. The summed E-state index contributed by atoms with van der Waals surface area (Å²) in [5.41, 5.74) is 2.70. The largest absolute Gasteiger partial charge is 0.373 e. The number of hydrogen-bond donors (Lipinski definition) is 3. The van der Waals surface area contributed by atoms with Crippen LogP contribution >= 0.6 is 0 Å². The Labute approximate surface area is 214 Å². The SMILES string of the molecule is C=C(C[C@H](NC(=O)CCC(C)C)C(=O)N[C@H](C)c1nc2ccccc2[nH]1)N1CCCC[C@@H]1C.CC.[HH].[HH]. The second-order valence-electron chi connectivity index (χ2n) is 9.73. The molecule has 1 saturated heterocycles. The van der Waals surface area contributed by atoms with Gasteiger partial charge < -0.3 is 20.5 Å². The lowest BCUT2D eigenvalue weighted by atomic mass is 10.0. The predicted molar refractivity (Wildman–Crippen MR) is 148 cm³/mol. The highest BCUT2D eigenvalue weighted by molar-refractivity contribution is 5.88. The van der Waals surface area contributed by atoms with Crippen LogP contribution < -0.4 is 10.6 Å². The zero-order chi connectivity index (χ0) is 26.0. The van der Waals surface area contributed by atoms with E-state index in [0.29, 0.717) is 30.6 Å².